The van der Waals surface area contributed by atoms with Crippen molar-refractivity contribution in [1.82, 2.24) is 15.2 Å². The molecule has 0 N–H and O–H groups in total. The van der Waals surface area contributed by atoms with E-state index in [1.165, 1.54) is 31.3 Å². The number of allylic oxidation sites excluding steroid dienone is 1. The molecule has 0 saturated carbocycles. The average molecular weight is 402 g/mol. The number of hydrogen-bond acceptors (Lipinski definition) is 9. The van der Waals surface area contributed by atoms with Gasteiger partial charge in [-0.3, -0.25) is 13.9 Å². The van der Waals surface area contributed by atoms with Crippen LogP contribution in [-0.2, 0) is 23.8 Å². The first-order valence-corrected chi connectivity index (χ1v) is 9.03. The van der Waals surface area contributed by atoms with Gasteiger partial charge in [-0.05, 0) is 35.4 Å². The second-order valence-corrected chi connectivity index (χ2v) is 7.32. The summed E-state index contributed by atoms with van der Waals surface area (Å²) in [5.41, 5.74) is 0.0242. The fourth-order valence-electron chi connectivity index (χ4n) is 2.19. The van der Waals surface area contributed by atoms with Crippen LogP contribution in [0.5, 0.6) is 0 Å². The Morgan fingerprint density at radius 1 is 1.42 bits per heavy atom. The van der Waals surface area contributed by atoms with Gasteiger partial charge in [-0.1, -0.05) is 11.6 Å². The maximum absolute atomic E-state index is 12.4. The monoisotopic (exact) mass is 401 g/mol. The van der Waals surface area contributed by atoms with E-state index < -0.39 is 28.9 Å². The highest BCUT2D eigenvalue weighted by atomic mass is 35.5. The lowest BCUT2D eigenvalue weighted by molar-refractivity contribution is -0.112. The zero-order valence-electron chi connectivity index (χ0n) is 13.3. The minimum atomic E-state index is -4.22. The third kappa shape index (κ3) is 3.69. The molecule has 3 rings (SSSR count). The highest BCUT2D eigenvalue weighted by molar-refractivity contribution is 7.87. The minimum absolute atomic E-state index is 0.0413. The molecule has 26 heavy (non-hydrogen) atoms. The molecule has 1 atom stereocenters. The number of benzene rings is 1. The van der Waals surface area contributed by atoms with Crippen molar-refractivity contribution in [2.24, 2.45) is 0 Å². The van der Waals surface area contributed by atoms with E-state index in [0.717, 1.165) is 4.90 Å². The van der Waals surface area contributed by atoms with Gasteiger partial charge in [-0.2, -0.15) is 8.42 Å². The Hall–Kier alpha value is -2.50. The molecule has 0 spiro atoms. The van der Waals surface area contributed by atoms with E-state index >= 15 is 0 Å². The Morgan fingerprint density at radius 2 is 2.15 bits per heavy atom. The third-order valence-corrected chi connectivity index (χ3v) is 5.02. The van der Waals surface area contributed by atoms with Gasteiger partial charge in [0.2, 0.25) is 0 Å². The molecule has 1 aromatic heterocycles. The number of halogens is 1. The van der Waals surface area contributed by atoms with Crippen LogP contribution in [0.25, 0.3) is 11.0 Å². The van der Waals surface area contributed by atoms with Gasteiger partial charge in [-0.25, -0.2) is 9.42 Å². The van der Waals surface area contributed by atoms with Crippen LogP contribution in [-0.4, -0.2) is 54.8 Å². The van der Waals surface area contributed by atoms with Crippen molar-refractivity contribution in [2.75, 3.05) is 13.2 Å². The zero-order chi connectivity index (χ0) is 18.9. The van der Waals surface area contributed by atoms with Crippen LogP contribution < -0.4 is 0 Å². The SMILES string of the molecule is CC(=O)C=CN1C[C@@H](COS(=O)(=O)c2ccc(Cl)c3nonc23)OC1=O. The molecule has 1 amide bonds. The highest BCUT2D eigenvalue weighted by Gasteiger charge is 2.32. The smallest absolute Gasteiger partial charge is 0.414 e. The molecule has 138 valence electrons. The number of ketones is 1. The Kier molecular flexibility index (Phi) is 4.94. The molecule has 0 bridgehead atoms. The average Bonchev–Trinajstić information content (AvgIpc) is 3.18. The molecule has 1 fully saturated rings. The number of rotatable bonds is 6. The van der Waals surface area contributed by atoms with Gasteiger partial charge in [-0.15, -0.1) is 0 Å². The van der Waals surface area contributed by atoms with Gasteiger partial charge in [0.1, 0.15) is 17.6 Å². The summed E-state index contributed by atoms with van der Waals surface area (Å²) in [6, 6.07) is 2.54. The van der Waals surface area contributed by atoms with E-state index in [9.17, 15) is 18.0 Å². The normalized spacial score (nSPS) is 18.0. The Labute approximate surface area is 152 Å². The Balaban J connectivity index is 1.71. The molecule has 1 aliphatic heterocycles. The molecule has 0 unspecified atom stereocenters. The van der Waals surface area contributed by atoms with Crippen LogP contribution in [0, 0.1) is 0 Å². The molecular formula is C14H12ClN3O7S. The maximum atomic E-state index is 12.4. The topological polar surface area (TPSA) is 129 Å². The highest BCUT2D eigenvalue weighted by Crippen LogP contribution is 2.28. The van der Waals surface area contributed by atoms with Crippen molar-refractivity contribution in [1.29, 1.82) is 0 Å². The Morgan fingerprint density at radius 3 is 2.88 bits per heavy atom. The predicted octanol–water partition coefficient (Wildman–Crippen LogP) is 1.50. The lowest BCUT2D eigenvalue weighted by atomic mass is 10.3. The van der Waals surface area contributed by atoms with Crippen LogP contribution in [0.2, 0.25) is 5.02 Å². The van der Waals surface area contributed by atoms with E-state index in [1.807, 2.05) is 0 Å². The molecule has 1 aromatic carbocycles. The summed E-state index contributed by atoms with van der Waals surface area (Å²) in [7, 11) is -4.22. The first-order valence-electron chi connectivity index (χ1n) is 7.24. The van der Waals surface area contributed by atoms with Crippen LogP contribution in [0.1, 0.15) is 6.92 Å². The first-order chi connectivity index (χ1) is 12.3. The van der Waals surface area contributed by atoms with Crippen molar-refractivity contribution < 1.29 is 31.6 Å². The van der Waals surface area contributed by atoms with Gasteiger partial charge in [0.05, 0.1) is 11.6 Å². The quantitative estimate of drug-likeness (QED) is 0.522. The number of nitrogens with zero attached hydrogens (tertiary/aromatic N) is 3. The third-order valence-electron chi connectivity index (χ3n) is 3.40. The summed E-state index contributed by atoms with van der Waals surface area (Å²) in [5, 5.41) is 7.24. The summed E-state index contributed by atoms with van der Waals surface area (Å²) in [4.78, 5) is 23.4. The number of ether oxygens (including phenoxy) is 1. The molecular weight excluding hydrogens is 390 g/mol. The van der Waals surface area contributed by atoms with Crippen LogP contribution in [0.3, 0.4) is 0 Å². The number of carbonyl (C=O) groups is 2. The van der Waals surface area contributed by atoms with Crippen LogP contribution in [0.15, 0.2) is 33.9 Å². The van der Waals surface area contributed by atoms with E-state index in [-0.39, 0.29) is 33.3 Å². The molecule has 1 saturated heterocycles. The lowest BCUT2D eigenvalue weighted by Gasteiger charge is -2.09. The first kappa shape index (κ1) is 18.3. The standard InChI is InChI=1S/C14H12ClN3O7S/c1-8(19)4-5-18-6-9(24-14(18)20)7-23-26(21,22)11-3-2-10(15)12-13(11)17-25-16-12/h2-5,9H,6-7H2,1H3/t9-/m0/s1. The Bertz CT molecular complexity index is 1000. The number of carbonyl (C=O) groups excluding carboxylic acids is 2. The molecule has 0 radical (unpaired) electrons. The summed E-state index contributed by atoms with van der Waals surface area (Å²) < 4.78 is 39.3. The zero-order valence-corrected chi connectivity index (χ0v) is 14.9. The van der Waals surface area contributed by atoms with Gasteiger partial charge < -0.3 is 4.74 Å². The van der Waals surface area contributed by atoms with Crippen LogP contribution in [0.4, 0.5) is 4.79 Å². The fraction of sp³-hybridized carbons (Fsp3) is 0.286. The summed E-state index contributed by atoms with van der Waals surface area (Å²) in [6.07, 6.45) is 0.932. The molecule has 2 aromatic rings. The molecule has 12 heteroatoms. The molecule has 0 aliphatic carbocycles. The van der Waals surface area contributed by atoms with Crippen LogP contribution >= 0.6 is 11.6 Å². The van der Waals surface area contributed by atoms with E-state index in [0.29, 0.717) is 0 Å². The number of aromatic nitrogens is 2. The largest absolute Gasteiger partial charge is 0.441 e. The van der Waals surface area contributed by atoms with Crippen molar-refractivity contribution >= 4 is 44.6 Å². The summed E-state index contributed by atoms with van der Waals surface area (Å²) in [5.74, 6) is -0.243. The number of hydrogen-bond donors (Lipinski definition) is 0. The van der Waals surface area contributed by atoms with Gasteiger partial charge >= 0.3 is 6.09 Å². The van der Waals surface area contributed by atoms with Gasteiger partial charge in [0, 0.05) is 6.20 Å². The van der Waals surface area contributed by atoms with Gasteiger partial charge in [0.15, 0.2) is 16.8 Å². The lowest BCUT2D eigenvalue weighted by Crippen LogP contribution is -2.23. The van der Waals surface area contributed by atoms with Crippen molar-refractivity contribution in [3.63, 3.8) is 0 Å². The van der Waals surface area contributed by atoms with Crippen molar-refractivity contribution in [2.45, 2.75) is 17.9 Å². The molecule has 1 aliphatic rings. The number of fused-ring (bicyclic) bond motifs is 1. The van der Waals surface area contributed by atoms with E-state index in [1.54, 1.807) is 0 Å². The second kappa shape index (κ2) is 7.02. The van der Waals surface area contributed by atoms with E-state index in [4.69, 9.17) is 20.5 Å². The van der Waals surface area contributed by atoms with E-state index in [2.05, 4.69) is 14.9 Å². The van der Waals surface area contributed by atoms with Crippen molar-refractivity contribution in [3.8, 4) is 0 Å². The predicted molar refractivity (Wildman–Crippen MR) is 86.7 cm³/mol. The summed E-state index contributed by atoms with van der Waals surface area (Å²) in [6.45, 7) is 0.963. The molecule has 2 heterocycles. The summed E-state index contributed by atoms with van der Waals surface area (Å²) >= 11 is 5.89. The maximum Gasteiger partial charge on any atom is 0.414 e. The van der Waals surface area contributed by atoms with Gasteiger partial charge in [0.25, 0.3) is 10.1 Å². The number of amides is 1. The number of cyclic esters (lactones) is 1. The van der Waals surface area contributed by atoms with Crippen molar-refractivity contribution in [3.05, 3.63) is 29.4 Å². The molecule has 10 nitrogen and oxygen atoms in total. The minimum Gasteiger partial charge on any atom is -0.441 e. The second-order valence-electron chi connectivity index (χ2n) is 5.33. The fourth-order valence-corrected chi connectivity index (χ4v) is 3.44.